The van der Waals surface area contributed by atoms with Crippen molar-refractivity contribution in [3.8, 4) is 0 Å². The van der Waals surface area contributed by atoms with Gasteiger partial charge in [0.05, 0.1) is 16.4 Å². The molecule has 1 rings (SSSR count). The van der Waals surface area contributed by atoms with Gasteiger partial charge in [-0.15, -0.1) is 0 Å². The maximum atomic E-state index is 6.17. The van der Waals surface area contributed by atoms with Crippen LogP contribution in [0.5, 0.6) is 0 Å². The quantitative estimate of drug-likeness (QED) is 0.740. The van der Waals surface area contributed by atoms with Crippen LogP contribution in [0.4, 0.5) is 0 Å². The van der Waals surface area contributed by atoms with Crippen LogP contribution in [0.2, 0.25) is 5.02 Å². The summed E-state index contributed by atoms with van der Waals surface area (Å²) < 4.78 is 1.86. The first-order valence-electron chi connectivity index (χ1n) is 6.04. The van der Waals surface area contributed by atoms with Gasteiger partial charge >= 0.3 is 0 Å². The molecule has 1 N–H and O–H groups in total. The molecule has 1 aromatic heterocycles. The Kier molecular flexibility index (Phi) is 7.00. The Morgan fingerprint density at radius 1 is 1.35 bits per heavy atom. The standard InChI is InChI=1S/C12H22ClN3S/c1-10-12(13)11(16(2)15-10)9-14-7-5-4-6-8-17-3/h14H,4-9H2,1-3H3. The molecule has 0 aliphatic carbocycles. The molecule has 98 valence electrons. The molecule has 0 amide bonds. The molecule has 0 spiro atoms. The molecule has 3 nitrogen and oxygen atoms in total. The predicted octanol–water partition coefficient (Wildman–Crippen LogP) is 3.00. The van der Waals surface area contributed by atoms with Crippen LogP contribution in [-0.4, -0.2) is 28.3 Å². The van der Waals surface area contributed by atoms with Crippen LogP contribution in [0, 0.1) is 6.92 Å². The minimum absolute atomic E-state index is 0.794. The number of rotatable bonds is 8. The summed E-state index contributed by atoms with van der Waals surface area (Å²) in [6.07, 6.45) is 6.00. The minimum atomic E-state index is 0.794. The number of unbranched alkanes of at least 4 members (excludes halogenated alkanes) is 2. The lowest BCUT2D eigenvalue weighted by Crippen LogP contribution is -2.17. The van der Waals surface area contributed by atoms with Crippen molar-refractivity contribution in [2.75, 3.05) is 18.6 Å². The molecule has 0 unspecified atom stereocenters. The average Bonchev–Trinajstić information content (AvgIpc) is 2.54. The van der Waals surface area contributed by atoms with Crippen molar-refractivity contribution in [1.82, 2.24) is 15.1 Å². The van der Waals surface area contributed by atoms with Crippen molar-refractivity contribution < 1.29 is 0 Å². The third-order valence-electron chi connectivity index (χ3n) is 2.76. The van der Waals surface area contributed by atoms with Gasteiger partial charge < -0.3 is 5.32 Å². The Bertz CT molecular complexity index is 339. The molecule has 0 fully saturated rings. The second kappa shape index (κ2) is 8.01. The highest BCUT2D eigenvalue weighted by Gasteiger charge is 2.09. The smallest absolute Gasteiger partial charge is 0.0860 e. The highest BCUT2D eigenvalue weighted by Crippen LogP contribution is 2.18. The van der Waals surface area contributed by atoms with E-state index in [1.165, 1.54) is 25.0 Å². The zero-order valence-electron chi connectivity index (χ0n) is 10.9. The first-order valence-corrected chi connectivity index (χ1v) is 7.81. The van der Waals surface area contributed by atoms with E-state index in [9.17, 15) is 0 Å². The summed E-state index contributed by atoms with van der Waals surface area (Å²) in [4.78, 5) is 0. The third-order valence-corrected chi connectivity index (χ3v) is 3.94. The molecular formula is C12H22ClN3S. The lowest BCUT2D eigenvalue weighted by Gasteiger charge is -2.05. The third kappa shape index (κ3) is 4.90. The number of aromatic nitrogens is 2. The average molecular weight is 276 g/mol. The van der Waals surface area contributed by atoms with Gasteiger partial charge in [0, 0.05) is 13.6 Å². The van der Waals surface area contributed by atoms with Gasteiger partial charge in [-0.2, -0.15) is 16.9 Å². The van der Waals surface area contributed by atoms with Gasteiger partial charge in [-0.05, 0) is 38.3 Å². The van der Waals surface area contributed by atoms with E-state index in [2.05, 4.69) is 16.7 Å². The van der Waals surface area contributed by atoms with Gasteiger partial charge in [-0.1, -0.05) is 18.0 Å². The van der Waals surface area contributed by atoms with Crippen molar-refractivity contribution in [3.05, 3.63) is 16.4 Å². The molecule has 5 heteroatoms. The number of nitrogens with one attached hydrogen (secondary N) is 1. The zero-order chi connectivity index (χ0) is 12.7. The molecule has 17 heavy (non-hydrogen) atoms. The van der Waals surface area contributed by atoms with Gasteiger partial charge in [0.2, 0.25) is 0 Å². The molecule has 0 radical (unpaired) electrons. The molecule has 1 heterocycles. The van der Waals surface area contributed by atoms with Crippen LogP contribution >= 0.6 is 23.4 Å². The summed E-state index contributed by atoms with van der Waals surface area (Å²) >= 11 is 8.09. The van der Waals surface area contributed by atoms with Crippen molar-refractivity contribution in [1.29, 1.82) is 0 Å². The normalized spacial score (nSPS) is 11.1. The summed E-state index contributed by atoms with van der Waals surface area (Å²) in [5, 5.41) is 8.51. The van der Waals surface area contributed by atoms with E-state index in [-0.39, 0.29) is 0 Å². The van der Waals surface area contributed by atoms with Gasteiger partial charge in [0.15, 0.2) is 0 Å². The molecule has 0 aliphatic rings. The van der Waals surface area contributed by atoms with Crippen LogP contribution in [0.25, 0.3) is 0 Å². The van der Waals surface area contributed by atoms with Crippen LogP contribution in [0.1, 0.15) is 30.7 Å². The highest BCUT2D eigenvalue weighted by molar-refractivity contribution is 7.98. The van der Waals surface area contributed by atoms with Crippen molar-refractivity contribution in [2.24, 2.45) is 7.05 Å². The molecule has 0 bridgehead atoms. The Labute approximate surface area is 113 Å². The Morgan fingerprint density at radius 2 is 2.12 bits per heavy atom. The lowest BCUT2D eigenvalue weighted by molar-refractivity contribution is 0.589. The molecular weight excluding hydrogens is 254 g/mol. The van der Waals surface area contributed by atoms with Crippen molar-refractivity contribution in [3.63, 3.8) is 0 Å². The highest BCUT2D eigenvalue weighted by atomic mass is 35.5. The van der Waals surface area contributed by atoms with E-state index in [0.717, 1.165) is 29.5 Å². The number of hydrogen-bond acceptors (Lipinski definition) is 3. The number of nitrogens with zero attached hydrogens (tertiary/aromatic N) is 2. The van der Waals surface area contributed by atoms with E-state index in [0.29, 0.717) is 0 Å². The monoisotopic (exact) mass is 275 g/mol. The summed E-state index contributed by atoms with van der Waals surface area (Å²) in [6, 6.07) is 0. The molecule has 0 atom stereocenters. The summed E-state index contributed by atoms with van der Waals surface area (Å²) in [7, 11) is 1.94. The SMILES string of the molecule is CSCCCCCNCc1c(Cl)c(C)nn1C. The van der Waals surface area contributed by atoms with E-state index in [1.54, 1.807) is 0 Å². The maximum absolute atomic E-state index is 6.17. The van der Waals surface area contributed by atoms with Gasteiger partial charge in [-0.3, -0.25) is 4.68 Å². The Balaban J connectivity index is 2.18. The number of thioether (sulfide) groups is 1. The maximum Gasteiger partial charge on any atom is 0.0860 e. The molecule has 0 saturated carbocycles. The first-order chi connectivity index (χ1) is 8.16. The fraction of sp³-hybridized carbons (Fsp3) is 0.750. The van der Waals surface area contributed by atoms with E-state index in [4.69, 9.17) is 11.6 Å². The summed E-state index contributed by atoms with van der Waals surface area (Å²) in [5.41, 5.74) is 1.99. The van der Waals surface area contributed by atoms with Gasteiger partial charge in [0.1, 0.15) is 0 Å². The largest absolute Gasteiger partial charge is 0.311 e. The van der Waals surface area contributed by atoms with Gasteiger partial charge in [-0.25, -0.2) is 0 Å². The minimum Gasteiger partial charge on any atom is -0.311 e. The second-order valence-corrected chi connectivity index (χ2v) is 5.56. The molecule has 1 aromatic rings. The number of halogens is 1. The fourth-order valence-electron chi connectivity index (χ4n) is 1.75. The van der Waals surface area contributed by atoms with E-state index in [1.807, 2.05) is 30.4 Å². The van der Waals surface area contributed by atoms with Crippen LogP contribution in [0.15, 0.2) is 0 Å². The van der Waals surface area contributed by atoms with E-state index >= 15 is 0 Å². The fourth-order valence-corrected chi connectivity index (χ4v) is 2.47. The first kappa shape index (κ1) is 14.9. The second-order valence-electron chi connectivity index (χ2n) is 4.20. The topological polar surface area (TPSA) is 29.9 Å². The Hall–Kier alpha value is -0.190. The van der Waals surface area contributed by atoms with Crippen LogP contribution in [0.3, 0.4) is 0 Å². The van der Waals surface area contributed by atoms with Gasteiger partial charge in [0.25, 0.3) is 0 Å². The number of hydrogen-bond donors (Lipinski definition) is 1. The van der Waals surface area contributed by atoms with Crippen molar-refractivity contribution >= 4 is 23.4 Å². The van der Waals surface area contributed by atoms with Crippen LogP contribution in [-0.2, 0) is 13.6 Å². The summed E-state index contributed by atoms with van der Waals surface area (Å²) in [6.45, 7) is 3.79. The molecule has 0 saturated heterocycles. The number of aryl methyl sites for hydroxylation is 2. The molecule has 0 aromatic carbocycles. The Morgan fingerprint density at radius 3 is 2.71 bits per heavy atom. The predicted molar refractivity (Wildman–Crippen MR) is 76.9 cm³/mol. The van der Waals surface area contributed by atoms with Crippen LogP contribution < -0.4 is 5.32 Å². The zero-order valence-corrected chi connectivity index (χ0v) is 12.5. The van der Waals surface area contributed by atoms with E-state index < -0.39 is 0 Å². The molecule has 0 aliphatic heterocycles. The van der Waals surface area contributed by atoms with Crippen molar-refractivity contribution in [2.45, 2.75) is 32.7 Å². The lowest BCUT2D eigenvalue weighted by atomic mass is 10.2. The summed E-state index contributed by atoms with van der Waals surface area (Å²) in [5.74, 6) is 1.27.